The van der Waals surface area contributed by atoms with Crippen molar-refractivity contribution in [3.63, 3.8) is 0 Å². The Labute approximate surface area is 277 Å². The summed E-state index contributed by atoms with van der Waals surface area (Å²) < 4.78 is 6.58. The molecule has 0 unspecified atom stereocenters. The van der Waals surface area contributed by atoms with Crippen LogP contribution < -0.4 is 4.90 Å². The van der Waals surface area contributed by atoms with Crippen molar-refractivity contribution in [1.29, 1.82) is 0 Å². The topological polar surface area (TPSA) is 16.4 Å². The Bertz CT molecular complexity index is 2850. The van der Waals surface area contributed by atoms with Gasteiger partial charge in [-0.05, 0) is 91.1 Å². The van der Waals surface area contributed by atoms with Gasteiger partial charge in [-0.2, -0.15) is 0 Å². The Balaban J connectivity index is 1.30. The van der Waals surface area contributed by atoms with Crippen LogP contribution in [0.2, 0.25) is 0 Å². The predicted octanol–water partition coefficient (Wildman–Crippen LogP) is 13.3. The Morgan fingerprint density at radius 2 is 1.00 bits per heavy atom. The molecule has 0 aliphatic heterocycles. The molecule has 10 rings (SSSR count). The van der Waals surface area contributed by atoms with E-state index in [0.29, 0.717) is 0 Å². The summed E-state index contributed by atoms with van der Waals surface area (Å²) in [5.74, 6) is 0. The first-order valence-corrected chi connectivity index (χ1v) is 16.4. The molecule has 2 nitrogen and oxygen atoms in total. The normalized spacial score (nSPS) is 11.8. The van der Waals surface area contributed by atoms with Crippen LogP contribution in [0.5, 0.6) is 0 Å². The molecule has 0 saturated heterocycles. The number of furan rings is 1. The first-order valence-electron chi connectivity index (χ1n) is 16.4. The van der Waals surface area contributed by atoms with E-state index in [9.17, 15) is 0 Å². The predicted molar refractivity (Wildman–Crippen MR) is 204 cm³/mol. The molecule has 0 bridgehead atoms. The molecule has 0 spiro atoms. The van der Waals surface area contributed by atoms with Gasteiger partial charge in [-0.15, -0.1) is 0 Å². The second-order valence-corrected chi connectivity index (χ2v) is 12.5. The maximum atomic E-state index is 6.58. The van der Waals surface area contributed by atoms with E-state index in [1.165, 1.54) is 48.7 Å². The maximum Gasteiger partial charge on any atom is 0.137 e. The molecule has 0 fully saturated rings. The van der Waals surface area contributed by atoms with Crippen LogP contribution in [0.4, 0.5) is 17.1 Å². The number of fused-ring (bicyclic) bond motifs is 9. The van der Waals surface area contributed by atoms with Crippen molar-refractivity contribution in [3.05, 3.63) is 176 Å². The minimum atomic E-state index is 0.873. The molecular weight excluding hydrogens is 583 g/mol. The van der Waals surface area contributed by atoms with E-state index >= 15 is 0 Å². The molecule has 0 atom stereocenters. The van der Waals surface area contributed by atoms with Crippen LogP contribution in [0.25, 0.3) is 76.2 Å². The van der Waals surface area contributed by atoms with Crippen molar-refractivity contribution in [3.8, 4) is 11.1 Å². The number of rotatable bonds is 4. The smallest absolute Gasteiger partial charge is 0.137 e. The zero-order valence-electron chi connectivity index (χ0n) is 26.1. The fourth-order valence-electron chi connectivity index (χ4n) is 7.56. The standard InChI is InChI=1S/C46H29NO/c1-2-11-30(12-3-1)37-17-8-9-18-42(37)47(43-19-10-20-44-46(43)41-27-33-14-4-5-15-34(33)28-45(41)48-44)35-24-21-32-23-25-38-36-16-7-6-13-31(36)22-26-39(38)40(32)29-35/h1-29H. The van der Waals surface area contributed by atoms with E-state index in [2.05, 4.69) is 181 Å². The fourth-order valence-corrected chi connectivity index (χ4v) is 7.56. The van der Waals surface area contributed by atoms with Crippen molar-refractivity contribution < 1.29 is 4.42 Å². The summed E-state index contributed by atoms with van der Waals surface area (Å²) in [5.41, 5.74) is 7.38. The van der Waals surface area contributed by atoms with Gasteiger partial charge in [-0.25, -0.2) is 0 Å². The summed E-state index contributed by atoms with van der Waals surface area (Å²) in [6.07, 6.45) is 0. The van der Waals surface area contributed by atoms with Crippen LogP contribution in [-0.4, -0.2) is 0 Å². The molecule has 0 amide bonds. The van der Waals surface area contributed by atoms with Crippen molar-refractivity contribution in [1.82, 2.24) is 0 Å². The van der Waals surface area contributed by atoms with E-state index in [4.69, 9.17) is 4.42 Å². The Kier molecular flexibility index (Phi) is 5.91. The molecule has 0 saturated carbocycles. The van der Waals surface area contributed by atoms with Crippen LogP contribution in [0.1, 0.15) is 0 Å². The Morgan fingerprint density at radius 3 is 1.85 bits per heavy atom. The maximum absolute atomic E-state index is 6.58. The molecule has 0 aliphatic rings. The highest BCUT2D eigenvalue weighted by Crippen LogP contribution is 2.47. The van der Waals surface area contributed by atoms with E-state index < -0.39 is 0 Å². The second kappa shape index (κ2) is 10.6. The minimum Gasteiger partial charge on any atom is -0.456 e. The molecule has 48 heavy (non-hydrogen) atoms. The highest BCUT2D eigenvalue weighted by molar-refractivity contribution is 6.19. The van der Waals surface area contributed by atoms with Crippen LogP contribution in [-0.2, 0) is 0 Å². The average molecular weight is 612 g/mol. The highest BCUT2D eigenvalue weighted by Gasteiger charge is 2.22. The zero-order valence-corrected chi connectivity index (χ0v) is 26.1. The van der Waals surface area contributed by atoms with Gasteiger partial charge in [0.1, 0.15) is 11.2 Å². The van der Waals surface area contributed by atoms with Gasteiger partial charge in [0.25, 0.3) is 0 Å². The van der Waals surface area contributed by atoms with Crippen LogP contribution >= 0.6 is 0 Å². The van der Waals surface area contributed by atoms with E-state index in [1.807, 2.05) is 0 Å². The molecule has 0 radical (unpaired) electrons. The lowest BCUT2D eigenvalue weighted by molar-refractivity contribution is 0.669. The average Bonchev–Trinajstić information content (AvgIpc) is 3.52. The van der Waals surface area contributed by atoms with Crippen molar-refractivity contribution in [2.24, 2.45) is 0 Å². The zero-order chi connectivity index (χ0) is 31.6. The van der Waals surface area contributed by atoms with Crippen molar-refractivity contribution in [2.45, 2.75) is 0 Å². The third kappa shape index (κ3) is 4.13. The monoisotopic (exact) mass is 611 g/mol. The number of hydrogen-bond donors (Lipinski definition) is 0. The third-order valence-corrected chi connectivity index (χ3v) is 9.80. The van der Waals surface area contributed by atoms with Gasteiger partial charge < -0.3 is 9.32 Å². The number of hydrogen-bond acceptors (Lipinski definition) is 2. The van der Waals surface area contributed by atoms with Gasteiger partial charge in [0.05, 0.1) is 16.8 Å². The lowest BCUT2D eigenvalue weighted by atomic mass is 9.96. The van der Waals surface area contributed by atoms with Crippen molar-refractivity contribution in [2.75, 3.05) is 4.90 Å². The summed E-state index contributed by atoms with van der Waals surface area (Å²) >= 11 is 0. The molecule has 1 heterocycles. The van der Waals surface area contributed by atoms with Gasteiger partial charge >= 0.3 is 0 Å². The highest BCUT2D eigenvalue weighted by atomic mass is 16.3. The summed E-state index contributed by atoms with van der Waals surface area (Å²) in [6, 6.07) is 63.4. The molecule has 1 aromatic heterocycles. The number of benzene rings is 9. The number of anilines is 3. The molecule has 10 aromatic rings. The molecule has 2 heteroatoms. The first-order chi connectivity index (χ1) is 23.8. The van der Waals surface area contributed by atoms with Gasteiger partial charge in [-0.3, -0.25) is 0 Å². The van der Waals surface area contributed by atoms with E-state index in [0.717, 1.165) is 44.6 Å². The third-order valence-electron chi connectivity index (χ3n) is 9.80. The SMILES string of the molecule is c1ccc(-c2ccccc2N(c2ccc3ccc4c5ccccc5ccc4c3c2)c2cccc3oc4cc5ccccc5cc4c23)cc1. The van der Waals surface area contributed by atoms with Gasteiger partial charge in [0.2, 0.25) is 0 Å². The van der Waals surface area contributed by atoms with Gasteiger partial charge in [-0.1, -0.05) is 133 Å². The number of nitrogens with zero attached hydrogens (tertiary/aromatic N) is 1. The van der Waals surface area contributed by atoms with Gasteiger partial charge in [0.15, 0.2) is 0 Å². The molecule has 9 aromatic carbocycles. The summed E-state index contributed by atoms with van der Waals surface area (Å²) in [7, 11) is 0. The fraction of sp³-hybridized carbons (Fsp3) is 0. The van der Waals surface area contributed by atoms with Crippen molar-refractivity contribution >= 4 is 82.1 Å². The Morgan fingerprint density at radius 1 is 0.354 bits per heavy atom. The summed E-state index contributed by atoms with van der Waals surface area (Å²) in [5, 5.41) is 12.1. The number of para-hydroxylation sites is 1. The minimum absolute atomic E-state index is 0.873. The van der Waals surface area contributed by atoms with Gasteiger partial charge in [0, 0.05) is 16.6 Å². The second-order valence-electron chi connectivity index (χ2n) is 12.5. The lowest BCUT2D eigenvalue weighted by Crippen LogP contribution is -2.11. The molecule has 0 aliphatic carbocycles. The molecular formula is C46H29NO. The molecule has 0 N–H and O–H groups in total. The van der Waals surface area contributed by atoms with Crippen LogP contribution in [0, 0.1) is 0 Å². The lowest BCUT2D eigenvalue weighted by Gasteiger charge is -2.29. The van der Waals surface area contributed by atoms with Crippen LogP contribution in [0.3, 0.4) is 0 Å². The summed E-state index contributed by atoms with van der Waals surface area (Å²) in [4.78, 5) is 2.42. The van der Waals surface area contributed by atoms with E-state index in [-0.39, 0.29) is 0 Å². The Hall–Kier alpha value is -6.38. The largest absolute Gasteiger partial charge is 0.456 e. The first kappa shape index (κ1) is 26.8. The molecule has 224 valence electrons. The summed E-state index contributed by atoms with van der Waals surface area (Å²) in [6.45, 7) is 0. The van der Waals surface area contributed by atoms with Crippen LogP contribution in [0.15, 0.2) is 180 Å². The quantitative estimate of drug-likeness (QED) is 0.184. The van der Waals surface area contributed by atoms with E-state index in [1.54, 1.807) is 0 Å².